The number of hydrogen-bond acceptors (Lipinski definition) is 3. The van der Waals surface area contributed by atoms with Crippen molar-refractivity contribution in [3.05, 3.63) is 29.8 Å². The summed E-state index contributed by atoms with van der Waals surface area (Å²) in [5, 5.41) is 12.2. The Hall–Kier alpha value is -2.06. The zero-order chi connectivity index (χ0) is 12.5. The molecule has 2 aliphatic rings. The van der Waals surface area contributed by atoms with Crippen molar-refractivity contribution in [1.29, 1.82) is 5.26 Å². The summed E-state index contributed by atoms with van der Waals surface area (Å²) < 4.78 is 0. The number of fused-ring (bicyclic) bond motifs is 1. The van der Waals surface area contributed by atoms with Crippen molar-refractivity contribution in [2.24, 2.45) is 0 Å². The lowest BCUT2D eigenvalue weighted by Gasteiger charge is -2.28. The standard InChI is InChI=1S/C13H14N4O/c14-7-10-2-1-3-11(6-10)17-9-12-8-15-4-5-16(12)13(17)18/h1-3,6,12,15H,4-5,8-9H2. The van der Waals surface area contributed by atoms with E-state index in [1.54, 1.807) is 17.0 Å². The summed E-state index contributed by atoms with van der Waals surface area (Å²) in [5.41, 5.74) is 1.40. The minimum atomic E-state index is 0.0524. The number of carbonyl (C=O) groups excluding carboxylic acids is 1. The van der Waals surface area contributed by atoms with Gasteiger partial charge in [0.2, 0.25) is 0 Å². The Bertz CT molecular complexity index is 522. The zero-order valence-corrected chi connectivity index (χ0v) is 9.97. The minimum Gasteiger partial charge on any atom is -0.317 e. The summed E-state index contributed by atoms with van der Waals surface area (Å²) in [6.45, 7) is 3.16. The van der Waals surface area contributed by atoms with E-state index in [-0.39, 0.29) is 12.1 Å². The Morgan fingerprint density at radius 1 is 1.44 bits per heavy atom. The molecule has 1 N–H and O–H groups in total. The minimum absolute atomic E-state index is 0.0524. The summed E-state index contributed by atoms with van der Waals surface area (Å²) in [7, 11) is 0. The van der Waals surface area contributed by atoms with Crippen LogP contribution in [0.5, 0.6) is 0 Å². The van der Waals surface area contributed by atoms with E-state index in [4.69, 9.17) is 5.26 Å². The fourth-order valence-electron chi connectivity index (χ4n) is 2.58. The van der Waals surface area contributed by atoms with Crippen LogP contribution in [0.2, 0.25) is 0 Å². The molecule has 5 nitrogen and oxygen atoms in total. The quantitative estimate of drug-likeness (QED) is 0.791. The second-order valence-corrected chi connectivity index (χ2v) is 4.61. The molecule has 1 atom stereocenters. The van der Waals surface area contributed by atoms with Gasteiger partial charge in [-0.1, -0.05) is 6.07 Å². The topological polar surface area (TPSA) is 59.4 Å². The van der Waals surface area contributed by atoms with Gasteiger partial charge in [0.15, 0.2) is 0 Å². The van der Waals surface area contributed by atoms with Crippen LogP contribution in [0.15, 0.2) is 24.3 Å². The van der Waals surface area contributed by atoms with Crippen LogP contribution in [0.1, 0.15) is 5.56 Å². The molecule has 0 radical (unpaired) electrons. The maximum Gasteiger partial charge on any atom is 0.324 e. The Labute approximate surface area is 106 Å². The van der Waals surface area contributed by atoms with Crippen molar-refractivity contribution in [3.63, 3.8) is 0 Å². The number of nitrogens with one attached hydrogen (secondary N) is 1. The Balaban J connectivity index is 1.89. The average molecular weight is 242 g/mol. The molecule has 0 bridgehead atoms. The molecule has 5 heteroatoms. The van der Waals surface area contributed by atoms with Gasteiger partial charge in [-0.25, -0.2) is 4.79 Å². The van der Waals surface area contributed by atoms with E-state index >= 15 is 0 Å². The Morgan fingerprint density at radius 2 is 2.33 bits per heavy atom. The molecule has 2 aliphatic heterocycles. The number of anilines is 1. The Kier molecular flexibility index (Phi) is 2.65. The Morgan fingerprint density at radius 3 is 3.11 bits per heavy atom. The molecule has 0 aliphatic carbocycles. The highest BCUT2D eigenvalue weighted by Gasteiger charge is 2.38. The third-order valence-corrected chi connectivity index (χ3v) is 3.51. The third kappa shape index (κ3) is 1.71. The summed E-state index contributed by atoms with van der Waals surface area (Å²) >= 11 is 0. The first-order valence-electron chi connectivity index (χ1n) is 6.08. The maximum atomic E-state index is 12.3. The van der Waals surface area contributed by atoms with Crippen LogP contribution >= 0.6 is 0 Å². The van der Waals surface area contributed by atoms with E-state index < -0.39 is 0 Å². The number of hydrogen-bond donors (Lipinski definition) is 1. The van der Waals surface area contributed by atoms with Crippen LogP contribution in [0.25, 0.3) is 0 Å². The van der Waals surface area contributed by atoms with E-state index in [0.717, 1.165) is 25.3 Å². The SMILES string of the molecule is N#Cc1cccc(N2CC3CNCCN3C2=O)c1. The van der Waals surface area contributed by atoms with Gasteiger partial charge < -0.3 is 10.2 Å². The van der Waals surface area contributed by atoms with Gasteiger partial charge in [0.1, 0.15) is 0 Å². The molecule has 0 aromatic heterocycles. The fourth-order valence-corrected chi connectivity index (χ4v) is 2.58. The van der Waals surface area contributed by atoms with Crippen LogP contribution in [0.4, 0.5) is 10.5 Å². The number of nitriles is 1. The van der Waals surface area contributed by atoms with E-state index in [0.29, 0.717) is 12.1 Å². The predicted octanol–water partition coefficient (Wildman–Crippen LogP) is 0.772. The molecule has 18 heavy (non-hydrogen) atoms. The van der Waals surface area contributed by atoms with E-state index in [1.807, 2.05) is 17.0 Å². The van der Waals surface area contributed by atoms with Gasteiger partial charge >= 0.3 is 6.03 Å². The highest BCUT2D eigenvalue weighted by atomic mass is 16.2. The van der Waals surface area contributed by atoms with Crippen molar-refractivity contribution in [1.82, 2.24) is 10.2 Å². The van der Waals surface area contributed by atoms with Crippen molar-refractivity contribution < 1.29 is 4.79 Å². The van der Waals surface area contributed by atoms with Gasteiger partial charge in [0.05, 0.1) is 17.7 Å². The van der Waals surface area contributed by atoms with Crippen LogP contribution in [-0.2, 0) is 0 Å². The molecule has 2 saturated heterocycles. The van der Waals surface area contributed by atoms with Crippen LogP contribution < -0.4 is 10.2 Å². The van der Waals surface area contributed by atoms with Gasteiger partial charge in [0.25, 0.3) is 0 Å². The molecule has 92 valence electrons. The van der Waals surface area contributed by atoms with Crippen molar-refractivity contribution in [3.8, 4) is 6.07 Å². The third-order valence-electron chi connectivity index (χ3n) is 3.51. The first-order valence-corrected chi connectivity index (χ1v) is 6.08. The molecule has 2 amide bonds. The monoisotopic (exact) mass is 242 g/mol. The smallest absolute Gasteiger partial charge is 0.317 e. The van der Waals surface area contributed by atoms with Crippen molar-refractivity contribution >= 4 is 11.7 Å². The molecule has 0 saturated carbocycles. The molecule has 1 aromatic carbocycles. The van der Waals surface area contributed by atoms with E-state index in [2.05, 4.69) is 11.4 Å². The number of nitrogens with zero attached hydrogens (tertiary/aromatic N) is 3. The van der Waals surface area contributed by atoms with E-state index in [1.165, 1.54) is 0 Å². The average Bonchev–Trinajstić information content (AvgIpc) is 2.77. The van der Waals surface area contributed by atoms with Crippen molar-refractivity contribution in [2.75, 3.05) is 31.1 Å². The second kappa shape index (κ2) is 4.31. The predicted molar refractivity (Wildman–Crippen MR) is 67.3 cm³/mol. The number of piperazine rings is 1. The lowest BCUT2D eigenvalue weighted by molar-refractivity contribution is 0.193. The largest absolute Gasteiger partial charge is 0.324 e. The fraction of sp³-hybridized carbons (Fsp3) is 0.385. The van der Waals surface area contributed by atoms with Crippen LogP contribution in [0.3, 0.4) is 0 Å². The highest BCUT2D eigenvalue weighted by Crippen LogP contribution is 2.25. The number of urea groups is 1. The maximum absolute atomic E-state index is 12.3. The molecule has 2 heterocycles. The molecule has 3 rings (SSSR count). The lowest BCUT2D eigenvalue weighted by atomic mass is 10.2. The van der Waals surface area contributed by atoms with Gasteiger partial charge in [-0.05, 0) is 18.2 Å². The summed E-state index contributed by atoms with van der Waals surface area (Å²) in [6.07, 6.45) is 0. The second-order valence-electron chi connectivity index (χ2n) is 4.61. The molecule has 0 spiro atoms. The summed E-state index contributed by atoms with van der Waals surface area (Å²) in [5.74, 6) is 0. The van der Waals surface area contributed by atoms with Gasteiger partial charge in [-0.15, -0.1) is 0 Å². The normalized spacial score (nSPS) is 22.8. The molecular weight excluding hydrogens is 228 g/mol. The highest BCUT2D eigenvalue weighted by molar-refractivity contribution is 5.95. The summed E-state index contributed by atoms with van der Waals surface area (Å²) in [6, 6.07) is 9.62. The number of benzene rings is 1. The molecule has 1 unspecified atom stereocenters. The molecule has 1 aromatic rings. The number of carbonyl (C=O) groups is 1. The van der Waals surface area contributed by atoms with Gasteiger partial charge in [0, 0.05) is 31.9 Å². The molecule has 2 fully saturated rings. The first-order chi connectivity index (χ1) is 8.79. The van der Waals surface area contributed by atoms with Crippen molar-refractivity contribution in [2.45, 2.75) is 6.04 Å². The zero-order valence-electron chi connectivity index (χ0n) is 9.97. The molecular formula is C13H14N4O. The van der Waals surface area contributed by atoms with Gasteiger partial charge in [-0.2, -0.15) is 5.26 Å². The number of amides is 2. The number of rotatable bonds is 1. The summed E-state index contributed by atoms with van der Waals surface area (Å²) in [4.78, 5) is 16.0. The van der Waals surface area contributed by atoms with E-state index in [9.17, 15) is 4.79 Å². The lowest BCUT2D eigenvalue weighted by Crippen LogP contribution is -2.49. The van der Waals surface area contributed by atoms with Gasteiger partial charge in [-0.3, -0.25) is 4.90 Å². The van der Waals surface area contributed by atoms with Crippen LogP contribution in [-0.4, -0.2) is 43.2 Å². The van der Waals surface area contributed by atoms with Crippen LogP contribution in [0, 0.1) is 11.3 Å². The first kappa shape index (κ1) is 11.1.